The lowest BCUT2D eigenvalue weighted by Gasteiger charge is -2.25. The molecular weight excluding hydrogens is 420 g/mol. The molecule has 2 aromatic carbocycles. The first-order valence-corrected chi connectivity index (χ1v) is 11.5. The van der Waals surface area contributed by atoms with Crippen LogP contribution in [-0.4, -0.2) is 41.8 Å². The summed E-state index contributed by atoms with van der Waals surface area (Å²) in [7, 11) is 0. The van der Waals surface area contributed by atoms with Crippen LogP contribution in [0, 0.1) is 0 Å². The van der Waals surface area contributed by atoms with Gasteiger partial charge in [-0.3, -0.25) is 4.79 Å². The van der Waals surface area contributed by atoms with E-state index in [0.29, 0.717) is 32.2 Å². The summed E-state index contributed by atoms with van der Waals surface area (Å²) in [6.07, 6.45) is 1.89. The molecule has 1 unspecified atom stereocenters. The molecule has 0 aromatic heterocycles. The number of hydrogen-bond donors (Lipinski definition) is 3. The van der Waals surface area contributed by atoms with Crippen LogP contribution in [0.3, 0.4) is 0 Å². The van der Waals surface area contributed by atoms with Crippen LogP contribution in [0.5, 0.6) is 0 Å². The first-order chi connectivity index (χ1) is 15.9. The van der Waals surface area contributed by atoms with E-state index in [2.05, 4.69) is 34.9 Å². The van der Waals surface area contributed by atoms with Crippen LogP contribution >= 0.6 is 0 Å². The van der Waals surface area contributed by atoms with Crippen LogP contribution in [0.1, 0.15) is 63.0 Å². The number of carboxylic acids is 1. The zero-order chi connectivity index (χ0) is 23.8. The van der Waals surface area contributed by atoms with Gasteiger partial charge in [-0.25, -0.2) is 9.59 Å². The Morgan fingerprint density at radius 2 is 1.61 bits per heavy atom. The van der Waals surface area contributed by atoms with Crippen molar-refractivity contribution in [1.82, 2.24) is 10.6 Å². The summed E-state index contributed by atoms with van der Waals surface area (Å²) in [5.74, 6) is -1.32. The number of carbonyl (C=O) groups is 3. The number of carboxylic acid groups (broad SMARTS) is 1. The second-order valence-corrected chi connectivity index (χ2v) is 8.64. The summed E-state index contributed by atoms with van der Waals surface area (Å²) in [6, 6.07) is 16.3. The van der Waals surface area contributed by atoms with E-state index in [-0.39, 0.29) is 24.9 Å². The highest BCUT2D eigenvalue weighted by atomic mass is 16.5. The summed E-state index contributed by atoms with van der Waals surface area (Å²) in [6.45, 7) is 4.04. The van der Waals surface area contributed by atoms with Crippen LogP contribution in [0.4, 0.5) is 4.79 Å². The highest BCUT2D eigenvalue weighted by Gasteiger charge is 2.33. The van der Waals surface area contributed by atoms with Crippen molar-refractivity contribution in [3.8, 4) is 11.1 Å². The third-order valence-electron chi connectivity index (χ3n) is 6.08. The van der Waals surface area contributed by atoms with Gasteiger partial charge in [-0.2, -0.15) is 0 Å². The number of hydrogen-bond acceptors (Lipinski definition) is 4. The zero-order valence-corrected chi connectivity index (χ0v) is 19.2. The van der Waals surface area contributed by atoms with Crippen LogP contribution in [0.15, 0.2) is 48.5 Å². The molecule has 33 heavy (non-hydrogen) atoms. The van der Waals surface area contributed by atoms with Gasteiger partial charge in [0.25, 0.3) is 0 Å². The fraction of sp³-hybridized carbons (Fsp3) is 0.423. The molecule has 0 aliphatic heterocycles. The Labute approximate surface area is 194 Å². The average Bonchev–Trinajstić information content (AvgIpc) is 3.11. The van der Waals surface area contributed by atoms with Gasteiger partial charge in [0.05, 0.1) is 0 Å². The Balaban J connectivity index is 1.39. The molecule has 1 aliphatic carbocycles. The smallest absolute Gasteiger partial charge is 0.407 e. The van der Waals surface area contributed by atoms with Gasteiger partial charge in [-0.1, -0.05) is 61.9 Å². The number of carbonyl (C=O) groups excluding carboxylic acids is 2. The van der Waals surface area contributed by atoms with Crippen molar-refractivity contribution < 1.29 is 24.2 Å². The first-order valence-electron chi connectivity index (χ1n) is 11.5. The van der Waals surface area contributed by atoms with Crippen molar-refractivity contribution >= 4 is 18.0 Å². The molecule has 0 heterocycles. The fourth-order valence-electron chi connectivity index (χ4n) is 4.34. The summed E-state index contributed by atoms with van der Waals surface area (Å²) in [4.78, 5) is 35.7. The summed E-state index contributed by atoms with van der Waals surface area (Å²) in [5.41, 5.74) is 3.44. The molecule has 2 aromatic rings. The van der Waals surface area contributed by atoms with Crippen LogP contribution in [0.25, 0.3) is 11.1 Å². The molecule has 0 saturated carbocycles. The second-order valence-electron chi connectivity index (χ2n) is 8.64. The number of fused-ring (bicyclic) bond motifs is 3. The van der Waals surface area contributed by atoms with Gasteiger partial charge in [-0.15, -0.1) is 0 Å². The number of aliphatic carboxylic acids is 1. The predicted molar refractivity (Wildman–Crippen MR) is 126 cm³/mol. The summed E-state index contributed by atoms with van der Waals surface area (Å²) in [5, 5.41) is 14.7. The van der Waals surface area contributed by atoms with Gasteiger partial charge in [0, 0.05) is 18.9 Å². The van der Waals surface area contributed by atoms with Crippen molar-refractivity contribution in [1.29, 1.82) is 0 Å². The van der Waals surface area contributed by atoms with E-state index < -0.39 is 17.6 Å². The van der Waals surface area contributed by atoms with E-state index in [0.717, 1.165) is 11.1 Å². The summed E-state index contributed by atoms with van der Waals surface area (Å²) < 4.78 is 5.49. The maximum absolute atomic E-state index is 12.2. The Bertz CT molecular complexity index is 960. The molecule has 176 valence electrons. The van der Waals surface area contributed by atoms with Crippen molar-refractivity contribution in [3.63, 3.8) is 0 Å². The molecular formula is C26H32N2O5. The maximum Gasteiger partial charge on any atom is 0.407 e. The lowest BCUT2D eigenvalue weighted by atomic mass is 9.96. The number of rotatable bonds is 11. The molecule has 7 nitrogen and oxygen atoms in total. The molecule has 2 amide bonds. The minimum Gasteiger partial charge on any atom is -0.480 e. The maximum atomic E-state index is 12.2. The van der Waals surface area contributed by atoms with Gasteiger partial charge >= 0.3 is 12.1 Å². The molecule has 3 rings (SSSR count). The largest absolute Gasteiger partial charge is 0.480 e. The van der Waals surface area contributed by atoms with Crippen molar-refractivity contribution in [2.75, 3.05) is 13.2 Å². The quantitative estimate of drug-likeness (QED) is 0.437. The Hall–Kier alpha value is -3.35. The van der Waals surface area contributed by atoms with E-state index in [1.165, 1.54) is 18.1 Å². The third kappa shape index (κ3) is 5.92. The molecule has 1 aliphatic rings. The first kappa shape index (κ1) is 24.3. The lowest BCUT2D eigenvalue weighted by molar-refractivity contribution is -0.147. The number of benzene rings is 2. The van der Waals surface area contributed by atoms with Gasteiger partial charge in [0.1, 0.15) is 12.1 Å². The fourth-order valence-corrected chi connectivity index (χ4v) is 4.34. The molecule has 7 heteroatoms. The Kier molecular flexibility index (Phi) is 8.09. The van der Waals surface area contributed by atoms with Crippen LogP contribution in [-0.2, 0) is 14.3 Å². The van der Waals surface area contributed by atoms with Gasteiger partial charge in [0.2, 0.25) is 5.91 Å². The third-order valence-corrected chi connectivity index (χ3v) is 6.08. The highest BCUT2D eigenvalue weighted by molar-refractivity contribution is 5.86. The zero-order valence-electron chi connectivity index (χ0n) is 19.2. The van der Waals surface area contributed by atoms with Crippen LogP contribution < -0.4 is 10.6 Å². The van der Waals surface area contributed by atoms with Crippen molar-refractivity contribution in [3.05, 3.63) is 59.7 Å². The highest BCUT2D eigenvalue weighted by Crippen LogP contribution is 2.44. The van der Waals surface area contributed by atoms with E-state index >= 15 is 0 Å². The number of unbranched alkanes of at least 4 members (excludes halogenated alkanes) is 1. The van der Waals surface area contributed by atoms with Crippen LogP contribution in [0.2, 0.25) is 0 Å². The Morgan fingerprint density at radius 1 is 1.00 bits per heavy atom. The lowest BCUT2D eigenvalue weighted by Crippen LogP contribution is -2.52. The van der Waals surface area contributed by atoms with E-state index in [1.807, 2.05) is 31.2 Å². The summed E-state index contributed by atoms with van der Waals surface area (Å²) >= 11 is 0. The molecule has 1 atom stereocenters. The second kappa shape index (κ2) is 11.0. The number of amides is 2. The molecule has 0 fully saturated rings. The number of ether oxygens (including phenoxy) is 1. The van der Waals surface area contributed by atoms with E-state index in [4.69, 9.17) is 4.74 Å². The average molecular weight is 453 g/mol. The molecule has 0 saturated heterocycles. The van der Waals surface area contributed by atoms with Gasteiger partial charge in [0.15, 0.2) is 0 Å². The minimum absolute atomic E-state index is 0.0125. The van der Waals surface area contributed by atoms with Gasteiger partial charge in [-0.05, 0) is 48.4 Å². The normalized spacial score (nSPS) is 14.0. The minimum atomic E-state index is -1.24. The molecule has 0 spiro atoms. The molecule has 0 bridgehead atoms. The monoisotopic (exact) mass is 452 g/mol. The Morgan fingerprint density at radius 3 is 2.18 bits per heavy atom. The van der Waals surface area contributed by atoms with E-state index in [1.54, 1.807) is 0 Å². The standard InChI is InChI=1S/C26H32N2O5/c1-3-15-26(2,24(30)31)28-23(29)14-8-9-16-27-25(32)33-17-22-20-12-6-4-10-18(20)19-11-5-7-13-21(19)22/h4-7,10-13,22H,3,8-9,14-17H2,1-2H3,(H,27,32)(H,28,29)(H,30,31). The predicted octanol–water partition coefficient (Wildman–Crippen LogP) is 4.46. The van der Waals surface area contributed by atoms with Crippen molar-refractivity contribution in [2.24, 2.45) is 0 Å². The number of alkyl carbamates (subject to hydrolysis) is 1. The topological polar surface area (TPSA) is 105 Å². The SMILES string of the molecule is CCCC(C)(NC(=O)CCCCNC(=O)OCC1c2ccccc2-c2ccccc21)C(=O)O. The van der Waals surface area contributed by atoms with Gasteiger partial charge < -0.3 is 20.5 Å². The number of nitrogens with one attached hydrogen (secondary N) is 2. The molecule has 3 N–H and O–H groups in total. The van der Waals surface area contributed by atoms with E-state index in [9.17, 15) is 19.5 Å². The van der Waals surface area contributed by atoms with Crippen molar-refractivity contribution in [2.45, 2.75) is 57.4 Å². The molecule has 0 radical (unpaired) electrons.